The normalized spacial score (nSPS) is 15.0. The largest absolute Gasteiger partial charge is 0.494 e. The molecular weight excluding hydrogens is 316 g/mol. The minimum Gasteiger partial charge on any atom is -0.494 e. The van der Waals surface area contributed by atoms with E-state index in [1.54, 1.807) is 17.0 Å². The summed E-state index contributed by atoms with van der Waals surface area (Å²) in [6.45, 7) is 6.47. The lowest BCUT2D eigenvalue weighted by atomic mass is 10.1. The first kappa shape index (κ1) is 17.3. The third-order valence-corrected chi connectivity index (χ3v) is 4.25. The predicted molar refractivity (Wildman–Crippen MR) is 96.9 cm³/mol. The molecule has 0 aromatic heterocycles. The Morgan fingerprint density at radius 3 is 2.36 bits per heavy atom. The molecule has 5 nitrogen and oxygen atoms in total. The maximum Gasteiger partial charge on any atom is 0.415 e. The lowest BCUT2D eigenvalue weighted by Gasteiger charge is -2.34. The Morgan fingerprint density at radius 2 is 1.64 bits per heavy atom. The highest BCUT2D eigenvalue weighted by Gasteiger charge is 2.23. The number of piperazine rings is 1. The molecule has 0 spiro atoms. The highest BCUT2D eigenvalue weighted by atomic mass is 16.6. The van der Waals surface area contributed by atoms with Crippen molar-refractivity contribution in [3.8, 4) is 11.5 Å². The van der Waals surface area contributed by atoms with E-state index in [2.05, 4.69) is 11.0 Å². The first-order valence-corrected chi connectivity index (χ1v) is 8.71. The predicted octanol–water partition coefficient (Wildman–Crippen LogP) is 3.40. The van der Waals surface area contributed by atoms with Gasteiger partial charge in [-0.25, -0.2) is 4.79 Å². The van der Waals surface area contributed by atoms with E-state index >= 15 is 0 Å². The lowest BCUT2D eigenvalue weighted by molar-refractivity contribution is 0.107. The lowest BCUT2D eigenvalue weighted by Crippen LogP contribution is -2.49. The van der Waals surface area contributed by atoms with Gasteiger partial charge in [-0.15, -0.1) is 0 Å². The Kier molecular flexibility index (Phi) is 5.90. The summed E-state index contributed by atoms with van der Waals surface area (Å²) in [5, 5.41) is 0. The van der Waals surface area contributed by atoms with Crippen LogP contribution in [-0.2, 0) is 6.54 Å². The summed E-state index contributed by atoms with van der Waals surface area (Å²) in [6.07, 6.45) is -0.277. The molecule has 0 bridgehead atoms. The van der Waals surface area contributed by atoms with Crippen LogP contribution in [0.3, 0.4) is 0 Å². The van der Waals surface area contributed by atoms with E-state index in [4.69, 9.17) is 9.47 Å². The average molecular weight is 340 g/mol. The molecule has 0 N–H and O–H groups in total. The number of hydrogen-bond acceptors (Lipinski definition) is 4. The van der Waals surface area contributed by atoms with Gasteiger partial charge in [-0.3, -0.25) is 4.90 Å². The topological polar surface area (TPSA) is 42.0 Å². The SMILES string of the molecule is CCOc1ccccc1CN1CCN(C(=O)Oc2ccccc2)CC1. The van der Waals surface area contributed by atoms with E-state index in [0.29, 0.717) is 25.4 Å². The smallest absolute Gasteiger partial charge is 0.415 e. The van der Waals surface area contributed by atoms with Gasteiger partial charge in [0.05, 0.1) is 6.61 Å². The monoisotopic (exact) mass is 340 g/mol. The number of ether oxygens (including phenoxy) is 2. The van der Waals surface area contributed by atoms with E-state index < -0.39 is 0 Å². The van der Waals surface area contributed by atoms with Crippen LogP contribution in [0.2, 0.25) is 0 Å². The maximum atomic E-state index is 12.2. The van der Waals surface area contributed by atoms with E-state index in [1.807, 2.05) is 43.3 Å². The van der Waals surface area contributed by atoms with Crippen molar-refractivity contribution in [2.45, 2.75) is 13.5 Å². The van der Waals surface area contributed by atoms with Crippen molar-refractivity contribution in [2.24, 2.45) is 0 Å². The molecule has 1 saturated heterocycles. The standard InChI is InChI=1S/C20H24N2O3/c1-2-24-19-11-7-6-8-17(19)16-21-12-14-22(15-13-21)20(23)25-18-9-4-3-5-10-18/h3-11H,2,12-16H2,1H3. The van der Waals surface area contributed by atoms with Crippen LogP contribution in [0.15, 0.2) is 54.6 Å². The number of amides is 1. The van der Waals surface area contributed by atoms with Gasteiger partial charge >= 0.3 is 6.09 Å². The molecule has 1 amide bonds. The molecule has 0 aliphatic carbocycles. The van der Waals surface area contributed by atoms with Crippen molar-refractivity contribution in [1.82, 2.24) is 9.80 Å². The van der Waals surface area contributed by atoms with Crippen molar-refractivity contribution in [1.29, 1.82) is 0 Å². The van der Waals surface area contributed by atoms with Gasteiger partial charge in [0.1, 0.15) is 11.5 Å². The van der Waals surface area contributed by atoms with Crippen LogP contribution in [0.5, 0.6) is 11.5 Å². The summed E-state index contributed by atoms with van der Waals surface area (Å²) >= 11 is 0. The molecule has 25 heavy (non-hydrogen) atoms. The fourth-order valence-corrected chi connectivity index (χ4v) is 2.91. The van der Waals surface area contributed by atoms with Crippen LogP contribution in [0, 0.1) is 0 Å². The van der Waals surface area contributed by atoms with Crippen LogP contribution in [0.25, 0.3) is 0 Å². The summed E-state index contributed by atoms with van der Waals surface area (Å²) < 4.78 is 11.1. The molecule has 0 unspecified atom stereocenters. The summed E-state index contributed by atoms with van der Waals surface area (Å²) in [6, 6.07) is 17.3. The maximum absolute atomic E-state index is 12.2. The number of benzene rings is 2. The summed E-state index contributed by atoms with van der Waals surface area (Å²) in [4.78, 5) is 16.3. The van der Waals surface area contributed by atoms with Crippen LogP contribution in [0.4, 0.5) is 4.79 Å². The van der Waals surface area contributed by atoms with Crippen LogP contribution >= 0.6 is 0 Å². The summed E-state index contributed by atoms with van der Waals surface area (Å²) in [5.41, 5.74) is 1.18. The quantitative estimate of drug-likeness (QED) is 0.837. The number of hydrogen-bond donors (Lipinski definition) is 0. The van der Waals surface area contributed by atoms with Gasteiger partial charge in [-0.2, -0.15) is 0 Å². The number of para-hydroxylation sites is 2. The van der Waals surface area contributed by atoms with Gasteiger partial charge in [0.2, 0.25) is 0 Å². The number of rotatable bonds is 5. The molecule has 0 saturated carbocycles. The second-order valence-electron chi connectivity index (χ2n) is 5.98. The molecule has 3 rings (SSSR count). The van der Waals surface area contributed by atoms with Crippen molar-refractivity contribution in [3.05, 3.63) is 60.2 Å². The van der Waals surface area contributed by atoms with Crippen molar-refractivity contribution in [3.63, 3.8) is 0 Å². The average Bonchev–Trinajstić information content (AvgIpc) is 2.65. The molecule has 2 aromatic carbocycles. The van der Waals surface area contributed by atoms with E-state index in [9.17, 15) is 4.79 Å². The minimum absolute atomic E-state index is 0.277. The highest BCUT2D eigenvalue weighted by Crippen LogP contribution is 2.21. The molecule has 1 fully saturated rings. The Hall–Kier alpha value is -2.53. The summed E-state index contributed by atoms with van der Waals surface area (Å²) in [7, 11) is 0. The minimum atomic E-state index is -0.277. The van der Waals surface area contributed by atoms with Gasteiger partial charge < -0.3 is 14.4 Å². The molecule has 1 aliphatic rings. The van der Waals surface area contributed by atoms with Crippen molar-refractivity contribution >= 4 is 6.09 Å². The molecule has 0 atom stereocenters. The Balaban J connectivity index is 1.51. The van der Waals surface area contributed by atoms with Gasteiger partial charge in [0, 0.05) is 38.3 Å². The van der Waals surface area contributed by atoms with Gasteiger partial charge in [-0.05, 0) is 25.1 Å². The Bertz CT molecular complexity index is 682. The molecule has 5 heteroatoms. The zero-order chi connectivity index (χ0) is 17.5. The Labute approximate surface area is 148 Å². The third kappa shape index (κ3) is 4.73. The Morgan fingerprint density at radius 1 is 0.960 bits per heavy atom. The zero-order valence-corrected chi connectivity index (χ0v) is 14.6. The van der Waals surface area contributed by atoms with E-state index in [-0.39, 0.29) is 6.09 Å². The number of carbonyl (C=O) groups is 1. The highest BCUT2D eigenvalue weighted by molar-refractivity contribution is 5.70. The van der Waals surface area contributed by atoms with E-state index in [0.717, 1.165) is 25.4 Å². The molecule has 0 radical (unpaired) electrons. The van der Waals surface area contributed by atoms with Crippen molar-refractivity contribution < 1.29 is 14.3 Å². The molecule has 132 valence electrons. The summed E-state index contributed by atoms with van der Waals surface area (Å²) in [5.74, 6) is 1.52. The number of nitrogens with zero attached hydrogens (tertiary/aromatic N) is 2. The molecule has 1 heterocycles. The fraction of sp³-hybridized carbons (Fsp3) is 0.350. The molecule has 2 aromatic rings. The molecule has 1 aliphatic heterocycles. The van der Waals surface area contributed by atoms with Crippen LogP contribution < -0.4 is 9.47 Å². The first-order valence-electron chi connectivity index (χ1n) is 8.71. The van der Waals surface area contributed by atoms with Crippen LogP contribution in [-0.4, -0.2) is 48.7 Å². The first-order chi connectivity index (χ1) is 12.3. The van der Waals surface area contributed by atoms with Crippen LogP contribution in [0.1, 0.15) is 12.5 Å². The zero-order valence-electron chi connectivity index (χ0n) is 14.6. The van der Waals surface area contributed by atoms with E-state index in [1.165, 1.54) is 5.56 Å². The number of carbonyl (C=O) groups excluding carboxylic acids is 1. The van der Waals surface area contributed by atoms with Gasteiger partial charge in [0.15, 0.2) is 0 Å². The second kappa shape index (κ2) is 8.53. The van der Waals surface area contributed by atoms with Crippen molar-refractivity contribution in [2.75, 3.05) is 32.8 Å². The third-order valence-electron chi connectivity index (χ3n) is 4.25. The van der Waals surface area contributed by atoms with Gasteiger partial charge in [-0.1, -0.05) is 36.4 Å². The molecular formula is C20H24N2O3. The van der Waals surface area contributed by atoms with Gasteiger partial charge in [0.25, 0.3) is 0 Å². The second-order valence-corrected chi connectivity index (χ2v) is 5.98. The fourth-order valence-electron chi connectivity index (χ4n) is 2.91.